The number of hydrogen-bond donors (Lipinski definition) is 0. The molecule has 0 unspecified atom stereocenters. The molecule has 2 heterocycles. The molecule has 0 saturated carbocycles. The van der Waals surface area contributed by atoms with E-state index in [0.29, 0.717) is 5.46 Å². The molecule has 1 saturated heterocycles. The van der Waals surface area contributed by atoms with Crippen molar-refractivity contribution < 1.29 is 27.3 Å². The lowest BCUT2D eigenvalue weighted by molar-refractivity contribution is 0.00578. The van der Waals surface area contributed by atoms with Crippen LogP contribution >= 0.6 is 0 Å². The molecule has 0 N–H and O–H groups in total. The van der Waals surface area contributed by atoms with E-state index in [1.807, 2.05) is 27.7 Å². The number of aromatic nitrogens is 1. The standard InChI is InChI=1S/C12H15BN2O6S/c1-11(2)12(3,4)21-13(20-11)8-5-6-9(14-7-8)19-10(16)15-22(17)18/h5-7H,1-4H3. The monoisotopic (exact) mass is 326 g/mol. The van der Waals surface area contributed by atoms with E-state index in [4.69, 9.17) is 9.31 Å². The fourth-order valence-corrected chi connectivity index (χ4v) is 1.90. The van der Waals surface area contributed by atoms with Crippen molar-refractivity contribution in [2.45, 2.75) is 38.9 Å². The number of amides is 1. The van der Waals surface area contributed by atoms with E-state index in [1.165, 1.54) is 12.3 Å². The molecule has 0 aliphatic carbocycles. The SMILES string of the molecule is CC1(C)OB(c2ccc(OC(=O)N=S(=O)=O)nc2)OC1(C)C. The van der Waals surface area contributed by atoms with E-state index in [9.17, 15) is 13.2 Å². The van der Waals surface area contributed by atoms with Gasteiger partial charge in [0.05, 0.1) is 11.2 Å². The highest BCUT2D eigenvalue weighted by Gasteiger charge is 2.51. The molecule has 8 nitrogen and oxygen atoms in total. The highest BCUT2D eigenvalue weighted by molar-refractivity contribution is 7.62. The van der Waals surface area contributed by atoms with Crippen LogP contribution in [0.15, 0.2) is 22.7 Å². The molecule has 1 aliphatic heterocycles. The Balaban J connectivity index is 2.11. The van der Waals surface area contributed by atoms with E-state index < -0.39 is 34.9 Å². The van der Waals surface area contributed by atoms with Crippen LogP contribution in [0.1, 0.15) is 27.7 Å². The smallest absolute Gasteiger partial charge is 0.399 e. The molecule has 22 heavy (non-hydrogen) atoms. The molecular formula is C12H15BN2O6S. The Morgan fingerprint density at radius 1 is 1.23 bits per heavy atom. The van der Waals surface area contributed by atoms with Gasteiger partial charge in [-0.2, -0.15) is 8.42 Å². The van der Waals surface area contributed by atoms with E-state index in [1.54, 1.807) is 6.07 Å². The number of rotatable bonds is 2. The van der Waals surface area contributed by atoms with Gasteiger partial charge in [-0.15, -0.1) is 0 Å². The van der Waals surface area contributed by atoms with Crippen LogP contribution in [0, 0.1) is 0 Å². The van der Waals surface area contributed by atoms with Crippen LogP contribution in [0.4, 0.5) is 4.79 Å². The van der Waals surface area contributed by atoms with Crippen LogP contribution < -0.4 is 10.2 Å². The van der Waals surface area contributed by atoms with Crippen molar-refractivity contribution >= 4 is 29.2 Å². The molecule has 0 atom stereocenters. The minimum absolute atomic E-state index is 0.0699. The van der Waals surface area contributed by atoms with Crippen LogP contribution in [0.3, 0.4) is 0 Å². The van der Waals surface area contributed by atoms with Crippen molar-refractivity contribution in [3.63, 3.8) is 0 Å². The van der Waals surface area contributed by atoms with Gasteiger partial charge >= 0.3 is 23.7 Å². The Kier molecular flexibility index (Phi) is 4.36. The van der Waals surface area contributed by atoms with E-state index in [0.717, 1.165) is 0 Å². The minimum Gasteiger partial charge on any atom is -0.399 e. The molecule has 1 aromatic rings. The van der Waals surface area contributed by atoms with Crippen molar-refractivity contribution in [1.29, 1.82) is 0 Å². The molecule has 1 fully saturated rings. The maximum absolute atomic E-state index is 11.1. The van der Waals surface area contributed by atoms with Crippen molar-refractivity contribution in [2.75, 3.05) is 0 Å². The van der Waals surface area contributed by atoms with Crippen molar-refractivity contribution in [3.05, 3.63) is 18.3 Å². The van der Waals surface area contributed by atoms with Gasteiger partial charge < -0.3 is 14.0 Å². The molecule has 118 valence electrons. The normalized spacial score (nSPS) is 18.8. The van der Waals surface area contributed by atoms with Gasteiger partial charge in [-0.1, -0.05) is 10.4 Å². The van der Waals surface area contributed by atoms with Gasteiger partial charge in [0, 0.05) is 17.7 Å². The maximum Gasteiger partial charge on any atom is 0.496 e. The maximum atomic E-state index is 11.1. The number of ether oxygens (including phenoxy) is 1. The van der Waals surface area contributed by atoms with Gasteiger partial charge in [-0.05, 0) is 27.7 Å². The number of nitrogens with zero attached hydrogens (tertiary/aromatic N) is 2. The van der Waals surface area contributed by atoms with Gasteiger partial charge in [0.2, 0.25) is 5.88 Å². The molecule has 0 spiro atoms. The van der Waals surface area contributed by atoms with Gasteiger partial charge in [-0.3, -0.25) is 0 Å². The summed E-state index contributed by atoms with van der Waals surface area (Å²) in [5, 5.41) is 0. The fraction of sp³-hybridized carbons (Fsp3) is 0.500. The zero-order valence-corrected chi connectivity index (χ0v) is 13.4. The fourth-order valence-electron chi connectivity index (χ4n) is 1.74. The molecule has 1 aliphatic rings. The molecule has 0 bridgehead atoms. The summed E-state index contributed by atoms with van der Waals surface area (Å²) in [4.78, 5) is 15.0. The minimum atomic E-state index is -2.86. The van der Waals surface area contributed by atoms with Crippen LogP contribution in [0.25, 0.3) is 0 Å². The molecule has 1 aromatic heterocycles. The second kappa shape index (κ2) is 5.78. The molecular weight excluding hydrogens is 311 g/mol. The number of hydrogen-bond acceptors (Lipinski definition) is 7. The van der Waals surface area contributed by atoms with Gasteiger partial charge in [0.15, 0.2) is 0 Å². The largest absolute Gasteiger partial charge is 0.496 e. The average Bonchev–Trinajstić information content (AvgIpc) is 2.58. The molecule has 0 radical (unpaired) electrons. The van der Waals surface area contributed by atoms with Crippen LogP contribution in [-0.2, 0) is 19.8 Å². The quantitative estimate of drug-likeness (QED) is 0.745. The van der Waals surface area contributed by atoms with Crippen molar-refractivity contribution in [3.8, 4) is 5.88 Å². The van der Waals surface area contributed by atoms with E-state index >= 15 is 0 Å². The predicted octanol–water partition coefficient (Wildman–Crippen LogP) is 0.942. The van der Waals surface area contributed by atoms with Crippen LogP contribution in [0.5, 0.6) is 5.88 Å². The molecule has 10 heteroatoms. The van der Waals surface area contributed by atoms with Gasteiger partial charge in [0.1, 0.15) is 0 Å². The number of carbonyl (C=O) groups excluding carboxylic acids is 1. The van der Waals surface area contributed by atoms with Crippen LogP contribution in [-0.4, -0.2) is 37.8 Å². The highest BCUT2D eigenvalue weighted by atomic mass is 32.2. The number of carbonyl (C=O) groups is 1. The Bertz CT molecular complexity index is 690. The van der Waals surface area contributed by atoms with E-state index in [2.05, 4.69) is 14.1 Å². The third-order valence-corrected chi connectivity index (χ3v) is 3.92. The summed E-state index contributed by atoms with van der Waals surface area (Å²) in [5.74, 6) is -0.0699. The van der Waals surface area contributed by atoms with Crippen molar-refractivity contribution in [2.24, 2.45) is 4.36 Å². The van der Waals surface area contributed by atoms with Crippen molar-refractivity contribution in [1.82, 2.24) is 4.98 Å². The molecule has 2 rings (SSSR count). The predicted molar refractivity (Wildman–Crippen MR) is 77.3 cm³/mol. The Labute approximate surface area is 129 Å². The summed E-state index contributed by atoms with van der Waals surface area (Å²) >= 11 is 0. The summed E-state index contributed by atoms with van der Waals surface area (Å²) in [7, 11) is -3.44. The second-order valence-corrected chi connectivity index (χ2v) is 6.31. The first-order chi connectivity index (χ1) is 10.1. The third kappa shape index (κ3) is 3.51. The number of pyridine rings is 1. The summed E-state index contributed by atoms with van der Waals surface area (Å²) < 4.78 is 39.5. The Morgan fingerprint density at radius 3 is 2.27 bits per heavy atom. The zero-order chi connectivity index (χ0) is 16.5. The first-order valence-electron chi connectivity index (χ1n) is 6.45. The van der Waals surface area contributed by atoms with E-state index in [-0.39, 0.29) is 5.88 Å². The first kappa shape index (κ1) is 16.6. The van der Waals surface area contributed by atoms with Gasteiger partial charge in [0.25, 0.3) is 0 Å². The first-order valence-corrected chi connectivity index (χ1v) is 7.48. The highest BCUT2D eigenvalue weighted by Crippen LogP contribution is 2.36. The lowest BCUT2D eigenvalue weighted by Gasteiger charge is -2.32. The summed E-state index contributed by atoms with van der Waals surface area (Å²) in [6.45, 7) is 7.73. The average molecular weight is 326 g/mol. The second-order valence-electron chi connectivity index (χ2n) is 5.69. The van der Waals surface area contributed by atoms with Gasteiger partial charge in [-0.25, -0.2) is 9.78 Å². The Hall–Kier alpha value is -1.78. The lowest BCUT2D eigenvalue weighted by atomic mass is 9.80. The summed E-state index contributed by atoms with van der Waals surface area (Å²) in [5.41, 5.74) is -0.289. The zero-order valence-electron chi connectivity index (χ0n) is 12.6. The third-order valence-electron chi connectivity index (χ3n) is 3.63. The Morgan fingerprint density at radius 2 is 1.82 bits per heavy atom. The molecule has 1 amide bonds. The summed E-state index contributed by atoms with van der Waals surface area (Å²) in [6, 6.07) is 3.02. The molecule has 0 aromatic carbocycles. The van der Waals surface area contributed by atoms with Crippen LogP contribution in [0.2, 0.25) is 0 Å². The lowest BCUT2D eigenvalue weighted by Crippen LogP contribution is -2.41. The topological polar surface area (TPSA) is 104 Å². The summed E-state index contributed by atoms with van der Waals surface area (Å²) in [6.07, 6.45) is 0.169.